The van der Waals surface area contributed by atoms with Gasteiger partial charge in [0.15, 0.2) is 5.16 Å². The molecule has 1 atom stereocenters. The molecule has 0 bridgehead atoms. The van der Waals surface area contributed by atoms with Gasteiger partial charge in [0.1, 0.15) is 11.6 Å². The predicted molar refractivity (Wildman–Crippen MR) is 110 cm³/mol. The molecule has 8 heteroatoms. The van der Waals surface area contributed by atoms with Crippen molar-refractivity contribution < 1.29 is 13.6 Å². The van der Waals surface area contributed by atoms with Crippen LogP contribution >= 0.6 is 11.8 Å². The maximum absolute atomic E-state index is 13.9. The zero-order chi connectivity index (χ0) is 21.1. The van der Waals surface area contributed by atoms with Crippen molar-refractivity contribution in [1.82, 2.24) is 14.9 Å². The zero-order valence-corrected chi connectivity index (χ0v) is 17.1. The molecule has 0 spiro atoms. The van der Waals surface area contributed by atoms with Gasteiger partial charge in [-0.2, -0.15) is 0 Å². The van der Waals surface area contributed by atoms with E-state index in [4.69, 9.17) is 0 Å². The summed E-state index contributed by atoms with van der Waals surface area (Å²) in [6.07, 6.45) is 0. The molecule has 0 saturated carbocycles. The quantitative estimate of drug-likeness (QED) is 0.482. The molecular formula is C21H21F2N3O2S. The van der Waals surface area contributed by atoms with Crippen LogP contribution in [-0.4, -0.2) is 21.2 Å². The highest BCUT2D eigenvalue weighted by atomic mass is 32.2. The van der Waals surface area contributed by atoms with Crippen LogP contribution in [0.25, 0.3) is 10.9 Å². The number of hydrogen-bond acceptors (Lipinski definition) is 4. The Hall–Kier alpha value is -2.74. The maximum Gasteiger partial charge on any atom is 0.262 e. The molecule has 0 fully saturated rings. The summed E-state index contributed by atoms with van der Waals surface area (Å²) in [4.78, 5) is 29.7. The fraction of sp³-hybridized carbons (Fsp3) is 0.286. The van der Waals surface area contributed by atoms with Gasteiger partial charge in [-0.25, -0.2) is 13.8 Å². The number of rotatable bonds is 6. The first-order valence-electron chi connectivity index (χ1n) is 9.16. The third kappa shape index (κ3) is 4.64. The van der Waals surface area contributed by atoms with Crippen molar-refractivity contribution in [2.75, 3.05) is 5.75 Å². The van der Waals surface area contributed by atoms with Crippen molar-refractivity contribution in [2.45, 2.75) is 38.0 Å². The highest BCUT2D eigenvalue weighted by Crippen LogP contribution is 2.22. The molecule has 1 aromatic heterocycles. The number of amides is 1. The van der Waals surface area contributed by atoms with Crippen molar-refractivity contribution in [2.24, 2.45) is 0 Å². The molecule has 0 unspecified atom stereocenters. The molecule has 0 aliphatic carbocycles. The Morgan fingerprint density at radius 2 is 1.90 bits per heavy atom. The van der Waals surface area contributed by atoms with Gasteiger partial charge in [0, 0.05) is 17.7 Å². The number of nitrogens with one attached hydrogen (secondary N) is 1. The molecule has 0 aliphatic rings. The van der Waals surface area contributed by atoms with Gasteiger partial charge in [-0.15, -0.1) is 0 Å². The van der Waals surface area contributed by atoms with Gasteiger partial charge in [0.2, 0.25) is 5.91 Å². The van der Waals surface area contributed by atoms with E-state index in [0.717, 1.165) is 23.9 Å². The zero-order valence-electron chi connectivity index (χ0n) is 16.3. The molecule has 1 heterocycles. The minimum Gasteiger partial charge on any atom is -0.349 e. The van der Waals surface area contributed by atoms with Crippen LogP contribution in [0.2, 0.25) is 0 Å². The summed E-state index contributed by atoms with van der Waals surface area (Å²) in [5.41, 5.74) is 0.613. The second-order valence-corrected chi connectivity index (χ2v) is 7.87. The minimum absolute atomic E-state index is 0.00462. The van der Waals surface area contributed by atoms with E-state index in [1.807, 2.05) is 13.8 Å². The van der Waals surface area contributed by atoms with Gasteiger partial charge < -0.3 is 5.32 Å². The van der Waals surface area contributed by atoms with Crippen molar-refractivity contribution in [3.8, 4) is 0 Å². The number of benzene rings is 2. The molecule has 0 aliphatic heterocycles. The first-order valence-corrected chi connectivity index (χ1v) is 10.1. The summed E-state index contributed by atoms with van der Waals surface area (Å²) in [5.74, 6) is -1.72. The van der Waals surface area contributed by atoms with Crippen molar-refractivity contribution in [1.29, 1.82) is 0 Å². The lowest BCUT2D eigenvalue weighted by Gasteiger charge is -2.17. The van der Waals surface area contributed by atoms with Gasteiger partial charge in [0.25, 0.3) is 5.56 Å². The molecule has 1 N–H and O–H groups in total. The third-order valence-corrected chi connectivity index (χ3v) is 5.38. The van der Waals surface area contributed by atoms with Gasteiger partial charge >= 0.3 is 0 Å². The first kappa shape index (κ1) is 21.0. The number of carbonyl (C=O) groups is 1. The topological polar surface area (TPSA) is 64.0 Å². The van der Waals surface area contributed by atoms with Crippen molar-refractivity contribution in [3.05, 3.63) is 70.0 Å². The van der Waals surface area contributed by atoms with E-state index >= 15 is 0 Å². The second-order valence-electron chi connectivity index (χ2n) is 6.92. The smallest absolute Gasteiger partial charge is 0.262 e. The first-order chi connectivity index (χ1) is 13.8. The number of fused-ring (bicyclic) bond motifs is 1. The Morgan fingerprint density at radius 1 is 1.17 bits per heavy atom. The van der Waals surface area contributed by atoms with E-state index in [1.54, 1.807) is 35.8 Å². The van der Waals surface area contributed by atoms with Gasteiger partial charge in [-0.1, -0.05) is 30.0 Å². The summed E-state index contributed by atoms with van der Waals surface area (Å²) in [7, 11) is 0. The molecule has 0 saturated heterocycles. The van der Waals surface area contributed by atoms with Crippen LogP contribution in [-0.2, 0) is 4.79 Å². The van der Waals surface area contributed by atoms with Gasteiger partial charge in [-0.05, 0) is 39.0 Å². The van der Waals surface area contributed by atoms with Crippen LogP contribution in [0.3, 0.4) is 0 Å². The third-order valence-electron chi connectivity index (χ3n) is 4.43. The number of para-hydroxylation sites is 1. The Kier molecular flexibility index (Phi) is 6.32. The van der Waals surface area contributed by atoms with Crippen LogP contribution in [0.1, 0.15) is 38.4 Å². The normalized spacial score (nSPS) is 12.3. The average molecular weight is 417 g/mol. The van der Waals surface area contributed by atoms with Crippen LogP contribution < -0.4 is 10.9 Å². The minimum atomic E-state index is -0.713. The molecule has 29 heavy (non-hydrogen) atoms. The van der Waals surface area contributed by atoms with E-state index in [-0.39, 0.29) is 28.8 Å². The Labute approximate surface area is 171 Å². The van der Waals surface area contributed by atoms with E-state index in [2.05, 4.69) is 10.3 Å². The Morgan fingerprint density at radius 3 is 2.59 bits per heavy atom. The van der Waals surface area contributed by atoms with Crippen LogP contribution in [0, 0.1) is 11.6 Å². The highest BCUT2D eigenvalue weighted by Gasteiger charge is 2.17. The SMILES string of the molecule is CC(C)n1c(SCC(=O)N[C@H](C)c2ccc(F)cc2F)nc2ccccc2c1=O. The molecular weight excluding hydrogens is 396 g/mol. The number of thioether (sulfide) groups is 1. The van der Waals surface area contributed by atoms with Crippen molar-refractivity contribution in [3.63, 3.8) is 0 Å². The lowest BCUT2D eigenvalue weighted by molar-refractivity contribution is -0.119. The Balaban J connectivity index is 1.77. The highest BCUT2D eigenvalue weighted by molar-refractivity contribution is 7.99. The summed E-state index contributed by atoms with van der Waals surface area (Å²) in [6.45, 7) is 5.37. The summed E-state index contributed by atoms with van der Waals surface area (Å²) < 4.78 is 28.5. The van der Waals surface area contributed by atoms with E-state index in [0.29, 0.717) is 16.1 Å². The van der Waals surface area contributed by atoms with E-state index in [1.165, 1.54) is 6.07 Å². The fourth-order valence-electron chi connectivity index (χ4n) is 3.03. The average Bonchev–Trinajstić information content (AvgIpc) is 2.66. The number of nitrogens with zero attached hydrogens (tertiary/aromatic N) is 2. The van der Waals surface area contributed by atoms with Crippen LogP contribution in [0.4, 0.5) is 8.78 Å². The predicted octanol–water partition coefficient (Wildman–Crippen LogP) is 4.23. The lowest BCUT2D eigenvalue weighted by atomic mass is 10.1. The van der Waals surface area contributed by atoms with Gasteiger partial charge in [0.05, 0.1) is 22.7 Å². The Bertz CT molecular complexity index is 1110. The number of aromatic nitrogens is 2. The van der Waals surface area contributed by atoms with Crippen molar-refractivity contribution >= 4 is 28.6 Å². The molecule has 0 radical (unpaired) electrons. The molecule has 2 aromatic carbocycles. The molecule has 1 amide bonds. The fourth-order valence-corrected chi connectivity index (χ4v) is 3.97. The second kappa shape index (κ2) is 8.73. The number of carbonyl (C=O) groups excluding carboxylic acids is 1. The van der Waals surface area contributed by atoms with E-state index < -0.39 is 17.7 Å². The summed E-state index contributed by atoms with van der Waals surface area (Å²) in [6, 6.07) is 9.56. The molecule has 5 nitrogen and oxygen atoms in total. The lowest BCUT2D eigenvalue weighted by Crippen LogP contribution is -2.30. The number of hydrogen-bond donors (Lipinski definition) is 1. The number of halogens is 2. The molecule has 3 aromatic rings. The largest absolute Gasteiger partial charge is 0.349 e. The summed E-state index contributed by atoms with van der Waals surface area (Å²) >= 11 is 1.14. The monoisotopic (exact) mass is 417 g/mol. The standard InChI is InChI=1S/C21H21F2N3O2S/c1-12(2)26-20(28)16-6-4-5-7-18(16)25-21(26)29-11-19(27)24-13(3)15-9-8-14(22)10-17(15)23/h4-10,12-13H,11H2,1-3H3,(H,24,27)/t13-/m1/s1. The summed E-state index contributed by atoms with van der Waals surface area (Å²) in [5, 5.41) is 3.66. The molecule has 152 valence electrons. The van der Waals surface area contributed by atoms with Gasteiger partial charge in [-0.3, -0.25) is 14.2 Å². The maximum atomic E-state index is 13.9. The van der Waals surface area contributed by atoms with E-state index in [9.17, 15) is 18.4 Å². The van der Waals surface area contributed by atoms with Crippen LogP contribution in [0.5, 0.6) is 0 Å². The molecule has 3 rings (SSSR count). The van der Waals surface area contributed by atoms with Crippen LogP contribution in [0.15, 0.2) is 52.4 Å².